The van der Waals surface area contributed by atoms with Crippen molar-refractivity contribution in [3.05, 3.63) is 6.92 Å². The minimum atomic E-state index is -4.15. The lowest BCUT2D eigenvalue weighted by Gasteiger charge is -2.42. The molecule has 0 aliphatic carbocycles. The molecule has 0 spiro atoms. The van der Waals surface area contributed by atoms with Gasteiger partial charge in [0.25, 0.3) is 0 Å². The predicted octanol–water partition coefficient (Wildman–Crippen LogP) is 0.811. The highest BCUT2D eigenvalue weighted by molar-refractivity contribution is 7.53. The summed E-state index contributed by atoms with van der Waals surface area (Å²) in [6.45, 7) is 5.37. The summed E-state index contributed by atoms with van der Waals surface area (Å²) in [5.41, 5.74) is 0. The van der Waals surface area contributed by atoms with Crippen molar-refractivity contribution >= 4 is 7.60 Å². The van der Waals surface area contributed by atoms with Gasteiger partial charge in [-0.1, -0.05) is 6.92 Å². The highest BCUT2D eigenvalue weighted by Crippen LogP contribution is 2.55. The van der Waals surface area contributed by atoms with Crippen LogP contribution in [0.1, 0.15) is 13.3 Å². The molecule has 1 unspecified atom stereocenters. The van der Waals surface area contributed by atoms with E-state index in [1.165, 1.54) is 0 Å². The third kappa shape index (κ3) is 1.88. The van der Waals surface area contributed by atoms with Gasteiger partial charge in [0, 0.05) is 13.3 Å². The number of hydrogen-bond acceptors (Lipinski definition) is 1. The Bertz CT molecular complexity index is 205. The topological polar surface area (TPSA) is 57.5 Å². The van der Waals surface area contributed by atoms with E-state index in [1.54, 1.807) is 28.1 Å². The molecule has 0 amide bonds. The Morgan fingerprint density at radius 3 is 1.75 bits per heavy atom. The summed E-state index contributed by atoms with van der Waals surface area (Å²) in [6, 6.07) is 0. The van der Waals surface area contributed by atoms with Crippen molar-refractivity contribution in [3.63, 3.8) is 0 Å². The Labute approximate surface area is 74.0 Å². The van der Waals surface area contributed by atoms with Gasteiger partial charge in [-0.05, 0) is 0 Å². The van der Waals surface area contributed by atoms with Gasteiger partial charge in [-0.25, -0.2) is 0 Å². The molecule has 0 heterocycles. The highest BCUT2D eigenvalue weighted by Gasteiger charge is 2.52. The molecule has 0 aliphatic rings. The first-order valence-electron chi connectivity index (χ1n) is 3.79. The smallest absolute Gasteiger partial charge is 0.320 e. The molecule has 2 N–H and O–H groups in total. The molecule has 4 nitrogen and oxygen atoms in total. The van der Waals surface area contributed by atoms with E-state index in [2.05, 4.69) is 6.92 Å². The van der Waals surface area contributed by atoms with Gasteiger partial charge in [-0.2, -0.15) is 0 Å². The quantitative estimate of drug-likeness (QED) is 0.517. The Morgan fingerprint density at radius 1 is 1.42 bits per heavy atom. The fourth-order valence-electron chi connectivity index (χ4n) is 1.07. The van der Waals surface area contributed by atoms with Gasteiger partial charge in [0.05, 0.1) is 21.1 Å². The standard InChI is InChI=1S/C7H17NO3P/c1-6-7(2,8(3,4)5)12(9,10)11/h2,6H2,1,3-5H3,(H-,9,10,11)/p+1. The highest BCUT2D eigenvalue weighted by atomic mass is 31.2. The predicted molar refractivity (Wildman–Crippen MR) is 48.5 cm³/mol. The number of quaternary nitrogens is 1. The average molecular weight is 195 g/mol. The van der Waals surface area contributed by atoms with Gasteiger partial charge < -0.3 is 14.3 Å². The molecule has 12 heavy (non-hydrogen) atoms. The number of nitrogens with zero attached hydrogens (tertiary/aromatic N) is 1. The monoisotopic (exact) mass is 195 g/mol. The van der Waals surface area contributed by atoms with Crippen LogP contribution in [0.15, 0.2) is 0 Å². The van der Waals surface area contributed by atoms with Gasteiger partial charge in [0.2, 0.25) is 0 Å². The van der Waals surface area contributed by atoms with Crippen LogP contribution in [0.3, 0.4) is 0 Å². The van der Waals surface area contributed by atoms with Crippen molar-refractivity contribution in [1.29, 1.82) is 0 Å². The molecule has 0 aromatic rings. The summed E-state index contributed by atoms with van der Waals surface area (Å²) in [5.74, 6) is 0. The first-order chi connectivity index (χ1) is 5.06. The fourth-order valence-corrected chi connectivity index (χ4v) is 2.26. The van der Waals surface area contributed by atoms with Crippen molar-refractivity contribution in [1.82, 2.24) is 0 Å². The van der Waals surface area contributed by atoms with Crippen LogP contribution in [0.2, 0.25) is 0 Å². The minimum absolute atomic E-state index is 0.160. The van der Waals surface area contributed by atoms with Crippen LogP contribution < -0.4 is 0 Å². The summed E-state index contributed by atoms with van der Waals surface area (Å²) >= 11 is 0. The van der Waals surface area contributed by atoms with E-state index in [0.717, 1.165) is 0 Å². The SMILES string of the molecule is [CH2]C(CC)([N+](C)(C)C)P(=O)(O)O. The van der Waals surface area contributed by atoms with Crippen LogP contribution in [0, 0.1) is 6.92 Å². The first-order valence-corrected chi connectivity index (χ1v) is 5.40. The Balaban J connectivity index is 5.10. The molecule has 0 aromatic carbocycles. The van der Waals surface area contributed by atoms with E-state index in [9.17, 15) is 4.57 Å². The van der Waals surface area contributed by atoms with Crippen molar-refractivity contribution in [2.75, 3.05) is 21.1 Å². The Morgan fingerprint density at radius 2 is 1.75 bits per heavy atom. The Kier molecular flexibility index (Phi) is 3.14. The molecule has 0 aromatic heterocycles. The van der Waals surface area contributed by atoms with E-state index in [4.69, 9.17) is 9.79 Å². The fraction of sp³-hybridized carbons (Fsp3) is 0.857. The average Bonchev–Trinajstić information content (AvgIpc) is 1.81. The molecule has 1 atom stereocenters. The second-order valence-electron chi connectivity index (χ2n) is 3.89. The summed E-state index contributed by atoms with van der Waals surface area (Å²) in [5, 5.41) is -1.23. The molecule has 0 bridgehead atoms. The molecule has 5 heteroatoms. The van der Waals surface area contributed by atoms with E-state index in [1.807, 2.05) is 0 Å². The molecule has 0 saturated carbocycles. The zero-order valence-corrected chi connectivity index (χ0v) is 9.01. The van der Waals surface area contributed by atoms with E-state index in [0.29, 0.717) is 6.42 Å². The minimum Gasteiger partial charge on any atom is -0.320 e. The summed E-state index contributed by atoms with van der Waals surface area (Å²) in [4.78, 5) is 18.2. The molecular formula is C7H18NO3P+. The molecule has 0 aliphatic heterocycles. The Hall–Kier alpha value is 0.110. The van der Waals surface area contributed by atoms with Crippen LogP contribution >= 0.6 is 7.60 Å². The van der Waals surface area contributed by atoms with Gasteiger partial charge >= 0.3 is 7.60 Å². The lowest BCUT2D eigenvalue weighted by molar-refractivity contribution is -0.902. The van der Waals surface area contributed by atoms with Crippen LogP contribution in [0.25, 0.3) is 0 Å². The van der Waals surface area contributed by atoms with E-state index < -0.39 is 12.9 Å². The molecule has 1 radical (unpaired) electrons. The van der Waals surface area contributed by atoms with Crippen molar-refractivity contribution in [3.8, 4) is 0 Å². The third-order valence-electron chi connectivity index (χ3n) is 2.36. The lowest BCUT2D eigenvalue weighted by atomic mass is 10.2. The van der Waals surface area contributed by atoms with Crippen molar-refractivity contribution in [2.45, 2.75) is 18.6 Å². The third-order valence-corrected chi connectivity index (χ3v) is 4.36. The molecular weight excluding hydrogens is 177 g/mol. The van der Waals surface area contributed by atoms with Crippen LogP contribution in [-0.4, -0.2) is 40.7 Å². The zero-order valence-electron chi connectivity index (χ0n) is 8.11. The van der Waals surface area contributed by atoms with Crippen LogP contribution in [0.4, 0.5) is 0 Å². The lowest BCUT2D eigenvalue weighted by Crippen LogP contribution is -2.54. The number of hydrogen-bond donors (Lipinski definition) is 2. The summed E-state index contributed by atoms with van der Waals surface area (Å²) < 4.78 is 11.3. The van der Waals surface area contributed by atoms with Gasteiger partial charge in [-0.15, -0.1) is 0 Å². The maximum absolute atomic E-state index is 11.1. The maximum atomic E-state index is 11.1. The van der Waals surface area contributed by atoms with Gasteiger partial charge in [0.15, 0.2) is 5.28 Å². The van der Waals surface area contributed by atoms with E-state index in [-0.39, 0.29) is 4.48 Å². The first kappa shape index (κ1) is 12.1. The molecule has 0 saturated heterocycles. The van der Waals surface area contributed by atoms with E-state index >= 15 is 0 Å². The normalized spacial score (nSPS) is 18.9. The van der Waals surface area contributed by atoms with Crippen LogP contribution in [0.5, 0.6) is 0 Å². The maximum Gasteiger partial charge on any atom is 0.385 e. The largest absolute Gasteiger partial charge is 0.385 e. The van der Waals surface area contributed by atoms with Gasteiger partial charge in [-0.3, -0.25) is 4.57 Å². The van der Waals surface area contributed by atoms with Crippen molar-refractivity contribution in [2.24, 2.45) is 0 Å². The molecule has 0 rings (SSSR count). The van der Waals surface area contributed by atoms with Gasteiger partial charge in [0.1, 0.15) is 0 Å². The second kappa shape index (κ2) is 3.11. The van der Waals surface area contributed by atoms with Crippen molar-refractivity contribution < 1.29 is 18.8 Å². The van der Waals surface area contributed by atoms with Crippen LogP contribution in [-0.2, 0) is 4.57 Å². The second-order valence-corrected chi connectivity index (χ2v) is 5.81. The zero-order chi connectivity index (χ0) is 10.2. The molecule has 73 valence electrons. The number of rotatable bonds is 3. The summed E-state index contributed by atoms with van der Waals surface area (Å²) in [6.07, 6.45) is 0.348. The molecule has 0 fully saturated rings. The summed E-state index contributed by atoms with van der Waals surface area (Å²) in [7, 11) is 1.05.